The molecule has 0 spiro atoms. The van der Waals surface area contributed by atoms with Gasteiger partial charge in [0.05, 0.1) is 6.20 Å². The molecule has 0 aliphatic heterocycles. The second-order valence-corrected chi connectivity index (χ2v) is 3.79. The molecule has 15 heavy (non-hydrogen) atoms. The van der Waals surface area contributed by atoms with Crippen LogP contribution in [0.15, 0.2) is 6.20 Å². The van der Waals surface area contributed by atoms with Gasteiger partial charge in [-0.3, -0.25) is 9.48 Å². The summed E-state index contributed by atoms with van der Waals surface area (Å²) in [7, 11) is 1.69. The van der Waals surface area contributed by atoms with Crippen LogP contribution in [-0.4, -0.2) is 15.7 Å². The van der Waals surface area contributed by atoms with Crippen molar-refractivity contribution in [3.63, 3.8) is 0 Å². The minimum absolute atomic E-state index is 0.0925. The summed E-state index contributed by atoms with van der Waals surface area (Å²) in [6.45, 7) is 3.93. The standard InChI is InChI=1S/C10H14N4O/c1-7(2)4-9(15)13-10-8(5-11)6-12-14(10)3/h6-7H,4H2,1-3H3,(H,13,15). The molecular weight excluding hydrogens is 192 g/mol. The minimum atomic E-state index is -0.0925. The summed E-state index contributed by atoms with van der Waals surface area (Å²) in [5, 5.41) is 15.4. The predicted molar refractivity (Wildman–Crippen MR) is 56.0 cm³/mol. The van der Waals surface area contributed by atoms with E-state index in [9.17, 15) is 4.79 Å². The predicted octanol–water partition coefficient (Wildman–Crippen LogP) is 1.28. The lowest BCUT2D eigenvalue weighted by molar-refractivity contribution is -0.116. The molecule has 1 rings (SSSR count). The van der Waals surface area contributed by atoms with Crippen LogP contribution in [0.5, 0.6) is 0 Å². The Morgan fingerprint density at radius 3 is 2.93 bits per heavy atom. The van der Waals surface area contributed by atoms with Crippen LogP contribution in [0, 0.1) is 17.2 Å². The zero-order chi connectivity index (χ0) is 11.4. The Hall–Kier alpha value is -1.83. The molecule has 5 nitrogen and oxygen atoms in total. The third-order valence-electron chi connectivity index (χ3n) is 1.91. The van der Waals surface area contributed by atoms with E-state index in [4.69, 9.17) is 5.26 Å². The summed E-state index contributed by atoms with van der Waals surface area (Å²) >= 11 is 0. The molecule has 0 aliphatic carbocycles. The topological polar surface area (TPSA) is 70.7 Å². The summed E-state index contributed by atoms with van der Waals surface area (Å²) in [6, 6.07) is 1.98. The van der Waals surface area contributed by atoms with Crippen LogP contribution in [0.3, 0.4) is 0 Å². The van der Waals surface area contributed by atoms with Crippen LogP contribution in [0.25, 0.3) is 0 Å². The van der Waals surface area contributed by atoms with Gasteiger partial charge in [-0.05, 0) is 5.92 Å². The van der Waals surface area contributed by atoms with Gasteiger partial charge in [0.15, 0.2) is 0 Å². The van der Waals surface area contributed by atoms with E-state index in [2.05, 4.69) is 10.4 Å². The Labute approximate surface area is 88.7 Å². The van der Waals surface area contributed by atoms with Gasteiger partial charge in [0.2, 0.25) is 5.91 Å². The molecule has 0 saturated carbocycles. The SMILES string of the molecule is CC(C)CC(=O)Nc1c(C#N)cnn1C. The van der Waals surface area contributed by atoms with E-state index in [1.807, 2.05) is 19.9 Å². The van der Waals surface area contributed by atoms with Crippen LogP contribution in [-0.2, 0) is 11.8 Å². The van der Waals surface area contributed by atoms with E-state index < -0.39 is 0 Å². The van der Waals surface area contributed by atoms with E-state index >= 15 is 0 Å². The van der Waals surface area contributed by atoms with Gasteiger partial charge < -0.3 is 5.32 Å². The highest BCUT2D eigenvalue weighted by molar-refractivity contribution is 5.91. The Balaban J connectivity index is 2.76. The van der Waals surface area contributed by atoms with Crippen molar-refractivity contribution in [2.45, 2.75) is 20.3 Å². The van der Waals surface area contributed by atoms with Gasteiger partial charge in [-0.2, -0.15) is 10.4 Å². The fraction of sp³-hybridized carbons (Fsp3) is 0.500. The maximum absolute atomic E-state index is 11.5. The van der Waals surface area contributed by atoms with Crippen LogP contribution in [0.2, 0.25) is 0 Å². The van der Waals surface area contributed by atoms with Crippen molar-refractivity contribution in [1.29, 1.82) is 5.26 Å². The smallest absolute Gasteiger partial charge is 0.225 e. The quantitative estimate of drug-likeness (QED) is 0.809. The Kier molecular flexibility index (Phi) is 3.45. The van der Waals surface area contributed by atoms with Crippen LogP contribution < -0.4 is 5.32 Å². The van der Waals surface area contributed by atoms with Crippen molar-refractivity contribution in [1.82, 2.24) is 9.78 Å². The lowest BCUT2D eigenvalue weighted by Gasteiger charge is -2.07. The molecule has 5 heteroatoms. The first-order valence-electron chi connectivity index (χ1n) is 4.76. The number of nitriles is 1. The van der Waals surface area contributed by atoms with Crippen LogP contribution in [0.1, 0.15) is 25.8 Å². The van der Waals surface area contributed by atoms with Gasteiger partial charge in [-0.25, -0.2) is 0 Å². The van der Waals surface area contributed by atoms with E-state index in [0.29, 0.717) is 23.7 Å². The van der Waals surface area contributed by atoms with Crippen molar-refractivity contribution >= 4 is 11.7 Å². The molecule has 1 aromatic heterocycles. The normalized spacial score (nSPS) is 10.1. The van der Waals surface area contributed by atoms with Gasteiger partial charge in [0.25, 0.3) is 0 Å². The molecule has 0 radical (unpaired) electrons. The number of anilines is 1. The lowest BCUT2D eigenvalue weighted by Crippen LogP contribution is -2.16. The number of carbonyl (C=O) groups is 1. The molecule has 0 bridgehead atoms. The van der Waals surface area contributed by atoms with E-state index in [-0.39, 0.29) is 5.91 Å². The summed E-state index contributed by atoms with van der Waals surface area (Å²) in [4.78, 5) is 11.5. The van der Waals surface area contributed by atoms with Crippen molar-refractivity contribution < 1.29 is 4.79 Å². The maximum Gasteiger partial charge on any atom is 0.225 e. The van der Waals surface area contributed by atoms with Crippen LogP contribution in [0.4, 0.5) is 5.82 Å². The number of aryl methyl sites for hydroxylation is 1. The number of rotatable bonds is 3. The second kappa shape index (κ2) is 4.60. The van der Waals surface area contributed by atoms with Gasteiger partial charge in [-0.1, -0.05) is 13.8 Å². The van der Waals surface area contributed by atoms with E-state index in [1.165, 1.54) is 10.9 Å². The maximum atomic E-state index is 11.5. The third-order valence-corrected chi connectivity index (χ3v) is 1.91. The number of aromatic nitrogens is 2. The summed E-state index contributed by atoms with van der Waals surface area (Å²) in [5.74, 6) is 0.664. The largest absolute Gasteiger partial charge is 0.310 e. The van der Waals surface area contributed by atoms with Gasteiger partial charge in [0.1, 0.15) is 17.5 Å². The van der Waals surface area contributed by atoms with E-state index in [0.717, 1.165) is 0 Å². The molecule has 0 unspecified atom stereocenters. The Morgan fingerprint density at radius 2 is 2.40 bits per heavy atom. The molecule has 0 aliphatic rings. The number of hydrogen-bond acceptors (Lipinski definition) is 3. The summed E-state index contributed by atoms with van der Waals surface area (Å²) < 4.78 is 1.48. The van der Waals surface area contributed by atoms with Gasteiger partial charge in [-0.15, -0.1) is 0 Å². The first-order valence-corrected chi connectivity index (χ1v) is 4.76. The number of nitrogens with zero attached hydrogens (tertiary/aromatic N) is 3. The highest BCUT2D eigenvalue weighted by atomic mass is 16.1. The zero-order valence-corrected chi connectivity index (χ0v) is 9.11. The number of amides is 1. The average Bonchev–Trinajstić information content (AvgIpc) is 2.46. The second-order valence-electron chi connectivity index (χ2n) is 3.79. The number of nitrogens with one attached hydrogen (secondary N) is 1. The van der Waals surface area contributed by atoms with Gasteiger partial charge >= 0.3 is 0 Å². The van der Waals surface area contributed by atoms with Crippen molar-refractivity contribution in [3.05, 3.63) is 11.8 Å². The highest BCUT2D eigenvalue weighted by Crippen LogP contribution is 2.13. The monoisotopic (exact) mass is 206 g/mol. The molecular formula is C10H14N4O. The number of hydrogen-bond donors (Lipinski definition) is 1. The first kappa shape index (κ1) is 11.2. The zero-order valence-electron chi connectivity index (χ0n) is 9.11. The molecule has 1 amide bonds. The molecule has 80 valence electrons. The Bertz CT molecular complexity index is 400. The van der Waals surface area contributed by atoms with Crippen molar-refractivity contribution in [3.8, 4) is 6.07 Å². The molecule has 0 aromatic carbocycles. The van der Waals surface area contributed by atoms with Crippen molar-refractivity contribution in [2.24, 2.45) is 13.0 Å². The molecule has 0 saturated heterocycles. The summed E-state index contributed by atoms with van der Waals surface area (Å²) in [6.07, 6.45) is 1.88. The molecule has 1 heterocycles. The van der Waals surface area contributed by atoms with Crippen LogP contribution >= 0.6 is 0 Å². The molecule has 0 fully saturated rings. The fourth-order valence-electron chi connectivity index (χ4n) is 1.22. The third kappa shape index (κ3) is 2.81. The average molecular weight is 206 g/mol. The number of carbonyl (C=O) groups excluding carboxylic acids is 1. The molecule has 1 aromatic rings. The molecule has 0 atom stereocenters. The Morgan fingerprint density at radius 1 is 1.73 bits per heavy atom. The molecule has 1 N–H and O–H groups in total. The summed E-state index contributed by atoms with van der Waals surface area (Å²) in [5.41, 5.74) is 0.384. The fourth-order valence-corrected chi connectivity index (χ4v) is 1.22. The minimum Gasteiger partial charge on any atom is -0.310 e. The van der Waals surface area contributed by atoms with Gasteiger partial charge in [0, 0.05) is 13.5 Å². The first-order chi connectivity index (χ1) is 7.04. The lowest BCUT2D eigenvalue weighted by atomic mass is 10.1. The highest BCUT2D eigenvalue weighted by Gasteiger charge is 2.12. The van der Waals surface area contributed by atoms with E-state index in [1.54, 1.807) is 7.05 Å². The van der Waals surface area contributed by atoms with Crippen molar-refractivity contribution in [2.75, 3.05) is 5.32 Å².